The molecule has 1 aliphatic rings. The molecule has 0 radical (unpaired) electrons. The minimum atomic E-state index is 0.114. The molecule has 0 aliphatic carbocycles. The monoisotopic (exact) mass is 293 g/mol. The number of halogens is 3. The number of hydrogen-bond donors (Lipinski definition) is 0. The van der Waals surface area contributed by atoms with E-state index in [0.29, 0.717) is 10.9 Å². The highest BCUT2D eigenvalue weighted by atomic mass is 35.5. The van der Waals surface area contributed by atoms with Crippen LogP contribution in [-0.4, -0.2) is 36.6 Å². The molecule has 1 aliphatic heterocycles. The number of alkyl halides is 1. The van der Waals surface area contributed by atoms with Crippen LogP contribution >= 0.6 is 34.8 Å². The van der Waals surface area contributed by atoms with Crippen LogP contribution in [0.1, 0.15) is 5.56 Å². The van der Waals surface area contributed by atoms with Crippen LogP contribution in [0.2, 0.25) is 10.0 Å². The molecule has 17 heavy (non-hydrogen) atoms. The zero-order chi connectivity index (χ0) is 12.3. The standard InChI is InChI=1S/C12H14Cl3NO/c13-6-11-8-16(3-4-17-11)7-9-5-10(14)1-2-12(9)15/h1-2,5,11H,3-4,6-8H2. The first-order valence-corrected chi connectivity index (χ1v) is 6.82. The zero-order valence-corrected chi connectivity index (χ0v) is 11.6. The van der Waals surface area contributed by atoms with Crippen LogP contribution in [0.4, 0.5) is 0 Å². The lowest BCUT2D eigenvalue weighted by molar-refractivity contribution is -0.0193. The second kappa shape index (κ2) is 6.26. The highest BCUT2D eigenvalue weighted by Gasteiger charge is 2.20. The van der Waals surface area contributed by atoms with Crippen molar-refractivity contribution in [2.24, 2.45) is 0 Å². The molecular formula is C12H14Cl3NO. The Hall–Kier alpha value is 0.01000. The molecule has 2 rings (SSSR count). The first-order chi connectivity index (χ1) is 8.19. The van der Waals surface area contributed by atoms with E-state index >= 15 is 0 Å². The normalized spacial score (nSPS) is 21.7. The highest BCUT2D eigenvalue weighted by Crippen LogP contribution is 2.22. The van der Waals surface area contributed by atoms with Crippen molar-refractivity contribution in [1.29, 1.82) is 0 Å². The number of rotatable bonds is 3. The molecule has 0 amide bonds. The van der Waals surface area contributed by atoms with Gasteiger partial charge in [-0.1, -0.05) is 23.2 Å². The summed E-state index contributed by atoms with van der Waals surface area (Å²) in [7, 11) is 0. The Balaban J connectivity index is 2.02. The van der Waals surface area contributed by atoms with E-state index in [1.807, 2.05) is 12.1 Å². The van der Waals surface area contributed by atoms with E-state index in [2.05, 4.69) is 4.90 Å². The Morgan fingerprint density at radius 2 is 2.18 bits per heavy atom. The highest BCUT2D eigenvalue weighted by molar-refractivity contribution is 6.33. The summed E-state index contributed by atoms with van der Waals surface area (Å²) < 4.78 is 5.52. The third-order valence-corrected chi connectivity index (χ3v) is 3.74. The van der Waals surface area contributed by atoms with Crippen molar-refractivity contribution in [3.05, 3.63) is 33.8 Å². The van der Waals surface area contributed by atoms with Crippen molar-refractivity contribution in [1.82, 2.24) is 4.90 Å². The van der Waals surface area contributed by atoms with Gasteiger partial charge < -0.3 is 4.74 Å². The summed E-state index contributed by atoms with van der Waals surface area (Å²) in [6.45, 7) is 3.24. The molecule has 1 atom stereocenters. The Kier molecular flexibility index (Phi) is 4.95. The topological polar surface area (TPSA) is 12.5 Å². The molecule has 1 unspecified atom stereocenters. The van der Waals surface area contributed by atoms with Crippen LogP contribution in [0.5, 0.6) is 0 Å². The third-order valence-electron chi connectivity index (χ3n) is 2.80. The Bertz CT molecular complexity index is 386. The molecule has 1 saturated heterocycles. The first kappa shape index (κ1) is 13.4. The maximum absolute atomic E-state index is 6.14. The smallest absolute Gasteiger partial charge is 0.0837 e. The second-order valence-corrected chi connectivity index (χ2v) is 5.27. The van der Waals surface area contributed by atoms with Gasteiger partial charge in [0.05, 0.1) is 12.7 Å². The molecule has 0 aromatic heterocycles. The van der Waals surface area contributed by atoms with Crippen LogP contribution < -0.4 is 0 Å². The van der Waals surface area contributed by atoms with E-state index in [1.54, 1.807) is 6.07 Å². The fourth-order valence-corrected chi connectivity index (χ4v) is 2.48. The number of ether oxygens (including phenoxy) is 1. The van der Waals surface area contributed by atoms with Crippen molar-refractivity contribution in [2.75, 3.05) is 25.6 Å². The van der Waals surface area contributed by atoms with Gasteiger partial charge in [0.2, 0.25) is 0 Å². The quantitative estimate of drug-likeness (QED) is 0.792. The van der Waals surface area contributed by atoms with Gasteiger partial charge >= 0.3 is 0 Å². The minimum absolute atomic E-state index is 0.114. The summed E-state index contributed by atoms with van der Waals surface area (Å²) in [5.41, 5.74) is 1.05. The van der Waals surface area contributed by atoms with E-state index in [9.17, 15) is 0 Å². The zero-order valence-electron chi connectivity index (χ0n) is 9.33. The average Bonchev–Trinajstić information content (AvgIpc) is 2.34. The fraction of sp³-hybridized carbons (Fsp3) is 0.500. The molecule has 5 heteroatoms. The van der Waals surface area contributed by atoms with Crippen LogP contribution in [0.25, 0.3) is 0 Å². The lowest BCUT2D eigenvalue weighted by Gasteiger charge is -2.32. The molecule has 94 valence electrons. The van der Waals surface area contributed by atoms with Gasteiger partial charge in [0.15, 0.2) is 0 Å². The molecule has 0 saturated carbocycles. The van der Waals surface area contributed by atoms with Gasteiger partial charge in [0, 0.05) is 35.6 Å². The summed E-state index contributed by atoms with van der Waals surface area (Å²) in [5.74, 6) is 0.528. The Morgan fingerprint density at radius 1 is 1.35 bits per heavy atom. The lowest BCUT2D eigenvalue weighted by atomic mass is 10.2. The average molecular weight is 295 g/mol. The van der Waals surface area contributed by atoms with E-state index in [0.717, 1.165) is 36.8 Å². The van der Waals surface area contributed by atoms with Gasteiger partial charge in [-0.05, 0) is 23.8 Å². The lowest BCUT2D eigenvalue weighted by Crippen LogP contribution is -2.42. The molecular weight excluding hydrogens is 280 g/mol. The molecule has 0 spiro atoms. The van der Waals surface area contributed by atoms with Crippen molar-refractivity contribution >= 4 is 34.8 Å². The Morgan fingerprint density at radius 3 is 2.94 bits per heavy atom. The van der Waals surface area contributed by atoms with E-state index in [4.69, 9.17) is 39.5 Å². The Labute approximate surface area is 116 Å². The van der Waals surface area contributed by atoms with Gasteiger partial charge in [-0.25, -0.2) is 0 Å². The SMILES string of the molecule is ClCC1CN(Cc2cc(Cl)ccc2Cl)CCO1. The number of morpholine rings is 1. The summed E-state index contributed by atoms with van der Waals surface area (Å²) >= 11 is 17.9. The fourth-order valence-electron chi connectivity index (χ4n) is 1.92. The molecule has 0 bridgehead atoms. The number of nitrogens with zero attached hydrogens (tertiary/aromatic N) is 1. The maximum Gasteiger partial charge on any atom is 0.0837 e. The van der Waals surface area contributed by atoms with Gasteiger partial charge in [0.1, 0.15) is 0 Å². The molecule has 1 aromatic carbocycles. The van der Waals surface area contributed by atoms with Crippen LogP contribution in [0, 0.1) is 0 Å². The molecule has 1 fully saturated rings. The van der Waals surface area contributed by atoms with Gasteiger partial charge in [0.25, 0.3) is 0 Å². The predicted molar refractivity (Wildman–Crippen MR) is 72.2 cm³/mol. The van der Waals surface area contributed by atoms with E-state index in [1.165, 1.54) is 0 Å². The van der Waals surface area contributed by atoms with Gasteiger partial charge in [-0.3, -0.25) is 4.90 Å². The van der Waals surface area contributed by atoms with Crippen LogP contribution in [0.15, 0.2) is 18.2 Å². The molecule has 2 nitrogen and oxygen atoms in total. The summed E-state index contributed by atoms with van der Waals surface area (Å²) in [4.78, 5) is 2.29. The largest absolute Gasteiger partial charge is 0.374 e. The number of hydrogen-bond acceptors (Lipinski definition) is 2. The predicted octanol–water partition coefficient (Wildman–Crippen LogP) is 3.43. The van der Waals surface area contributed by atoms with E-state index in [-0.39, 0.29) is 6.10 Å². The first-order valence-electron chi connectivity index (χ1n) is 5.53. The summed E-state index contributed by atoms with van der Waals surface area (Å²) in [6.07, 6.45) is 0.114. The van der Waals surface area contributed by atoms with Crippen molar-refractivity contribution in [2.45, 2.75) is 12.6 Å². The van der Waals surface area contributed by atoms with Crippen molar-refractivity contribution < 1.29 is 4.74 Å². The molecule has 0 N–H and O–H groups in total. The second-order valence-electron chi connectivity index (χ2n) is 4.12. The third kappa shape index (κ3) is 3.73. The summed E-state index contributed by atoms with van der Waals surface area (Å²) in [5, 5.41) is 1.47. The van der Waals surface area contributed by atoms with Crippen LogP contribution in [0.3, 0.4) is 0 Å². The summed E-state index contributed by atoms with van der Waals surface area (Å²) in [6, 6.07) is 5.54. The maximum atomic E-state index is 6.14. The van der Waals surface area contributed by atoms with Crippen LogP contribution in [-0.2, 0) is 11.3 Å². The van der Waals surface area contributed by atoms with Crippen molar-refractivity contribution in [3.63, 3.8) is 0 Å². The van der Waals surface area contributed by atoms with Gasteiger partial charge in [-0.15, -0.1) is 11.6 Å². The van der Waals surface area contributed by atoms with Gasteiger partial charge in [-0.2, -0.15) is 0 Å². The minimum Gasteiger partial charge on any atom is -0.374 e. The number of benzene rings is 1. The molecule has 1 heterocycles. The molecule has 1 aromatic rings. The van der Waals surface area contributed by atoms with Crippen molar-refractivity contribution in [3.8, 4) is 0 Å². The van der Waals surface area contributed by atoms with E-state index < -0.39 is 0 Å².